The number of benzene rings is 1. The molecule has 0 amide bonds. The summed E-state index contributed by atoms with van der Waals surface area (Å²) in [6.07, 6.45) is 6.34. The van der Waals surface area contributed by atoms with Crippen LogP contribution in [0.5, 0.6) is 5.75 Å². The number of aryl methyl sites for hydroxylation is 2. The van der Waals surface area contributed by atoms with Crippen LogP contribution in [0.2, 0.25) is 0 Å². The van der Waals surface area contributed by atoms with Gasteiger partial charge >= 0.3 is 5.97 Å². The zero-order valence-electron chi connectivity index (χ0n) is 22.3. The lowest BCUT2D eigenvalue weighted by Gasteiger charge is -2.22. The molecule has 4 rings (SSSR count). The molecule has 0 saturated heterocycles. The van der Waals surface area contributed by atoms with Crippen molar-refractivity contribution in [2.45, 2.75) is 70.4 Å². The van der Waals surface area contributed by atoms with Crippen LogP contribution in [0.1, 0.15) is 68.0 Å². The lowest BCUT2D eigenvalue weighted by molar-refractivity contribution is -0.143. The minimum atomic E-state index is -3.79. The SMILES string of the molecule is CCOC(=O)CC(CCc1cn(C(C)C)nn1)c1ccc(C)c(CN2CCOc3ccncc3S2(=O)=O)c1. The number of carbonyl (C=O) groups excluding carboxylic acids is 1. The maximum absolute atomic E-state index is 13.4. The Bertz CT molecular complexity index is 1370. The minimum absolute atomic E-state index is 0.0703. The molecule has 38 heavy (non-hydrogen) atoms. The van der Waals surface area contributed by atoms with Gasteiger partial charge in [-0.2, -0.15) is 4.31 Å². The maximum atomic E-state index is 13.4. The number of pyridine rings is 1. The third-order valence-electron chi connectivity index (χ3n) is 6.71. The molecule has 0 bridgehead atoms. The number of aromatic nitrogens is 4. The predicted octanol–water partition coefficient (Wildman–Crippen LogP) is 3.82. The molecule has 0 fully saturated rings. The average Bonchev–Trinajstić information content (AvgIpc) is 3.32. The van der Waals surface area contributed by atoms with Crippen LogP contribution in [0.4, 0.5) is 0 Å². The summed E-state index contributed by atoms with van der Waals surface area (Å²) in [6, 6.07) is 7.79. The molecule has 1 aliphatic heterocycles. The van der Waals surface area contributed by atoms with Gasteiger partial charge in [0.05, 0.1) is 24.9 Å². The Balaban J connectivity index is 1.58. The maximum Gasteiger partial charge on any atom is 0.306 e. The molecule has 10 nitrogen and oxygen atoms in total. The molecule has 2 aromatic heterocycles. The highest BCUT2D eigenvalue weighted by atomic mass is 32.2. The first-order valence-corrected chi connectivity index (χ1v) is 14.4. The number of rotatable bonds is 10. The van der Waals surface area contributed by atoms with Crippen LogP contribution < -0.4 is 4.74 Å². The van der Waals surface area contributed by atoms with Gasteiger partial charge in [-0.05, 0) is 69.2 Å². The number of hydrogen-bond donors (Lipinski definition) is 0. The fourth-order valence-corrected chi connectivity index (χ4v) is 5.95. The molecule has 0 aliphatic carbocycles. The van der Waals surface area contributed by atoms with Gasteiger partial charge in [0.25, 0.3) is 0 Å². The summed E-state index contributed by atoms with van der Waals surface area (Å²) in [4.78, 5) is 16.5. The van der Waals surface area contributed by atoms with Crippen molar-refractivity contribution in [3.05, 3.63) is 65.2 Å². The van der Waals surface area contributed by atoms with E-state index in [1.165, 1.54) is 16.7 Å². The van der Waals surface area contributed by atoms with Gasteiger partial charge in [-0.25, -0.2) is 13.1 Å². The van der Waals surface area contributed by atoms with E-state index < -0.39 is 10.0 Å². The standard InChI is InChI=1S/C27H35N5O5S/c1-5-36-27(33)15-22(8-9-24-18-32(19(2)3)30-29-24)21-7-6-20(4)23(14-21)17-31-12-13-37-25-10-11-28-16-26(25)38(31,34)35/h6-7,10-11,14,16,18-19,22H,5,8-9,12-13,15,17H2,1-4H3. The monoisotopic (exact) mass is 541 g/mol. The molecule has 3 aromatic rings. The van der Waals surface area contributed by atoms with Crippen molar-refractivity contribution in [3.63, 3.8) is 0 Å². The number of sulfonamides is 1. The fourth-order valence-electron chi connectivity index (χ4n) is 4.48. The number of ether oxygens (including phenoxy) is 2. The van der Waals surface area contributed by atoms with Crippen LogP contribution >= 0.6 is 0 Å². The van der Waals surface area contributed by atoms with E-state index in [9.17, 15) is 13.2 Å². The van der Waals surface area contributed by atoms with Crippen LogP contribution in [0, 0.1) is 6.92 Å². The number of fused-ring (bicyclic) bond motifs is 1. The van der Waals surface area contributed by atoms with E-state index in [-0.39, 0.29) is 48.9 Å². The number of esters is 1. The molecule has 1 aromatic carbocycles. The molecule has 1 unspecified atom stereocenters. The second-order valence-corrected chi connectivity index (χ2v) is 11.6. The molecule has 1 atom stereocenters. The lowest BCUT2D eigenvalue weighted by atomic mass is 9.88. The zero-order chi connectivity index (χ0) is 27.3. The Morgan fingerprint density at radius 3 is 2.79 bits per heavy atom. The van der Waals surface area contributed by atoms with Crippen LogP contribution in [-0.2, 0) is 32.5 Å². The van der Waals surface area contributed by atoms with E-state index in [1.807, 2.05) is 49.8 Å². The van der Waals surface area contributed by atoms with E-state index in [4.69, 9.17) is 9.47 Å². The molecule has 204 valence electrons. The van der Waals surface area contributed by atoms with Crippen LogP contribution in [0.25, 0.3) is 0 Å². The fraction of sp³-hybridized carbons (Fsp3) is 0.481. The molecule has 0 saturated carbocycles. The first-order chi connectivity index (χ1) is 18.2. The Kier molecular flexibility index (Phi) is 8.78. The van der Waals surface area contributed by atoms with Gasteiger partial charge < -0.3 is 9.47 Å². The van der Waals surface area contributed by atoms with Crippen molar-refractivity contribution >= 4 is 16.0 Å². The van der Waals surface area contributed by atoms with Gasteiger partial charge in [0.15, 0.2) is 0 Å². The Morgan fingerprint density at radius 1 is 1.24 bits per heavy atom. The van der Waals surface area contributed by atoms with E-state index in [1.54, 1.807) is 13.0 Å². The van der Waals surface area contributed by atoms with Gasteiger partial charge in [0, 0.05) is 31.5 Å². The molecular formula is C27H35N5O5S. The van der Waals surface area contributed by atoms with Gasteiger partial charge in [-0.3, -0.25) is 9.78 Å². The molecule has 1 aliphatic rings. The third kappa shape index (κ3) is 6.39. The van der Waals surface area contributed by atoms with Crippen LogP contribution in [0.15, 0.2) is 47.8 Å². The summed E-state index contributed by atoms with van der Waals surface area (Å²) in [5.74, 6) is -0.0646. The summed E-state index contributed by atoms with van der Waals surface area (Å²) >= 11 is 0. The van der Waals surface area contributed by atoms with Crippen molar-refractivity contribution in [2.75, 3.05) is 19.8 Å². The molecule has 0 radical (unpaired) electrons. The molecule has 3 heterocycles. The first-order valence-electron chi connectivity index (χ1n) is 12.9. The predicted molar refractivity (Wildman–Crippen MR) is 141 cm³/mol. The topological polar surface area (TPSA) is 117 Å². The largest absolute Gasteiger partial charge is 0.491 e. The average molecular weight is 542 g/mol. The molecule has 0 N–H and O–H groups in total. The second kappa shape index (κ2) is 12.0. The van der Waals surface area contributed by atoms with Crippen LogP contribution in [0.3, 0.4) is 0 Å². The normalized spacial score (nSPS) is 15.9. The Morgan fingerprint density at radius 2 is 2.05 bits per heavy atom. The van der Waals surface area contributed by atoms with Crippen molar-refractivity contribution in [3.8, 4) is 5.75 Å². The quantitative estimate of drug-likeness (QED) is 0.356. The molecule has 0 spiro atoms. The summed E-state index contributed by atoms with van der Waals surface area (Å²) in [5, 5.41) is 8.46. The summed E-state index contributed by atoms with van der Waals surface area (Å²) in [5.41, 5.74) is 3.66. The number of carbonyl (C=O) groups is 1. The van der Waals surface area contributed by atoms with E-state index in [0.29, 0.717) is 25.2 Å². The number of hydrogen-bond acceptors (Lipinski definition) is 8. The van der Waals surface area contributed by atoms with Gasteiger partial charge in [-0.1, -0.05) is 23.4 Å². The van der Waals surface area contributed by atoms with E-state index >= 15 is 0 Å². The highest BCUT2D eigenvalue weighted by Crippen LogP contribution is 2.32. The van der Waals surface area contributed by atoms with E-state index in [2.05, 4.69) is 15.3 Å². The van der Waals surface area contributed by atoms with Crippen LogP contribution in [-0.4, -0.2) is 58.4 Å². The second-order valence-electron chi connectivity index (χ2n) is 9.72. The number of nitrogens with zero attached hydrogens (tertiary/aromatic N) is 5. The molecular weight excluding hydrogens is 506 g/mol. The van der Waals surface area contributed by atoms with Crippen molar-refractivity contribution in [1.82, 2.24) is 24.3 Å². The van der Waals surface area contributed by atoms with Gasteiger partial charge in [0.1, 0.15) is 17.3 Å². The molecule has 11 heteroatoms. The Hall–Kier alpha value is -3.31. The summed E-state index contributed by atoms with van der Waals surface area (Å²) in [6.45, 7) is 8.81. The zero-order valence-corrected chi connectivity index (χ0v) is 23.1. The smallest absolute Gasteiger partial charge is 0.306 e. The first kappa shape index (κ1) is 27.7. The summed E-state index contributed by atoms with van der Waals surface area (Å²) < 4.78 is 41.0. The van der Waals surface area contributed by atoms with Gasteiger partial charge in [-0.15, -0.1) is 5.10 Å². The van der Waals surface area contributed by atoms with Crippen molar-refractivity contribution in [2.24, 2.45) is 0 Å². The van der Waals surface area contributed by atoms with E-state index in [0.717, 1.165) is 22.4 Å². The minimum Gasteiger partial charge on any atom is -0.491 e. The van der Waals surface area contributed by atoms with Crippen molar-refractivity contribution < 1.29 is 22.7 Å². The lowest BCUT2D eigenvalue weighted by Crippen LogP contribution is -2.32. The van der Waals surface area contributed by atoms with Crippen molar-refractivity contribution in [1.29, 1.82) is 0 Å². The summed E-state index contributed by atoms with van der Waals surface area (Å²) in [7, 11) is -3.79. The third-order valence-corrected chi connectivity index (χ3v) is 8.56. The highest BCUT2D eigenvalue weighted by molar-refractivity contribution is 7.89. The highest BCUT2D eigenvalue weighted by Gasteiger charge is 2.31. The Labute approximate surface area is 224 Å². The van der Waals surface area contributed by atoms with Gasteiger partial charge in [0.2, 0.25) is 10.0 Å².